The van der Waals surface area contributed by atoms with Gasteiger partial charge in [0.2, 0.25) is 0 Å². The molecule has 16 heteroatoms. The standard InChI is InChI=1S/Mo.HNO3.3H3N.7O.V/c;2-1(3)4;;;;;;;;;;;/h;(H,2,3,4);3*1H3;;;;;;;;/q;;;;;;;;;3*-1;/p+3. The van der Waals surface area contributed by atoms with Gasteiger partial charge in [0.05, 0.1) is 0 Å². The SMILES string of the molecule is O=[N+]([O-])O.[NH4+].[NH4+].[NH4+].[O]=[Mo](=[O])([O-])[O-].[O]=[V](=[O])[O-]. The van der Waals surface area contributed by atoms with Crippen molar-refractivity contribution in [3.63, 3.8) is 0 Å². The molecule has 104 valence electrons. The molecule has 0 fully saturated rings. The predicted molar refractivity (Wildman–Crippen MR) is 29.5 cm³/mol. The van der Waals surface area contributed by atoms with E-state index in [1.807, 2.05) is 0 Å². The Morgan fingerprint density at radius 2 is 1.06 bits per heavy atom. The number of hydrogen-bond acceptors (Lipinski definition) is 9. The fraction of sp³-hybridized carbons (Fsp3) is 0. The van der Waals surface area contributed by atoms with Crippen LogP contribution in [0.1, 0.15) is 0 Å². The van der Waals surface area contributed by atoms with Crippen molar-refractivity contribution in [2.24, 2.45) is 0 Å². The third kappa shape index (κ3) is 6450. The molecule has 0 saturated carbocycles. The number of quaternary nitrogens is 3. The average molecular weight is 376 g/mol. The second kappa shape index (κ2) is 19.9. The van der Waals surface area contributed by atoms with E-state index in [2.05, 4.69) is 0 Å². The van der Waals surface area contributed by atoms with Crippen LogP contribution in [0, 0.1) is 10.1 Å². The summed E-state index contributed by atoms with van der Waals surface area (Å²) >= 11 is -9.96. The van der Waals surface area contributed by atoms with Gasteiger partial charge in [0.25, 0.3) is 5.09 Å². The van der Waals surface area contributed by atoms with E-state index >= 15 is 0 Å². The molecule has 0 saturated heterocycles. The second-order valence-electron chi connectivity index (χ2n) is 0.870. The van der Waals surface area contributed by atoms with Crippen molar-refractivity contribution < 1.29 is 68.1 Å². The molecule has 0 radical (unpaired) electrons. The Bertz CT molecular complexity index is 270. The first-order valence-electron chi connectivity index (χ1n) is 1.78. The monoisotopic (exact) mass is 378 g/mol. The van der Waals surface area contributed by atoms with Crippen LogP contribution in [0.3, 0.4) is 0 Å². The van der Waals surface area contributed by atoms with Crippen molar-refractivity contribution in [3.8, 4) is 0 Å². The Morgan fingerprint density at radius 1 is 1.06 bits per heavy atom. The summed E-state index contributed by atoms with van der Waals surface area (Å²) < 4.78 is 60.2. The zero-order valence-electron chi connectivity index (χ0n) is 8.42. The van der Waals surface area contributed by atoms with E-state index in [4.69, 9.17) is 41.0 Å². The third-order valence-electron chi connectivity index (χ3n) is 0. The zero-order chi connectivity index (χ0) is 11.7. The van der Waals surface area contributed by atoms with Crippen molar-refractivity contribution in [1.29, 1.82) is 0 Å². The minimum atomic E-state index is -6.02. The Morgan fingerprint density at radius 3 is 1.06 bits per heavy atom. The van der Waals surface area contributed by atoms with Gasteiger partial charge in [-0.15, -0.1) is 10.1 Å². The van der Waals surface area contributed by atoms with Gasteiger partial charge < -0.3 is 23.7 Å². The molecule has 0 aromatic rings. The van der Waals surface area contributed by atoms with Crippen LogP contribution in [0.15, 0.2) is 0 Å². The van der Waals surface area contributed by atoms with Gasteiger partial charge >= 0.3 is 57.8 Å². The first-order chi connectivity index (χ1) is 5.46. The quantitative estimate of drug-likeness (QED) is 0.185. The van der Waals surface area contributed by atoms with Crippen molar-refractivity contribution in [1.82, 2.24) is 18.5 Å². The second-order valence-corrected chi connectivity index (χ2v) is 3.58. The maximum atomic E-state index is 8.63. The molecule has 0 aliphatic heterocycles. The molecule has 0 aliphatic carbocycles. The number of nitrogens with zero attached hydrogens (tertiary/aromatic N) is 1. The normalized spacial score (nSPS) is 6.69. The molecular weight excluding hydrogens is 363 g/mol. The summed E-state index contributed by atoms with van der Waals surface area (Å²) in [5.74, 6) is 0. The summed E-state index contributed by atoms with van der Waals surface area (Å²) in [6.45, 7) is 0. The van der Waals surface area contributed by atoms with E-state index in [-0.39, 0.29) is 18.5 Å². The Hall–Kier alpha value is -0.567. The van der Waals surface area contributed by atoms with Crippen molar-refractivity contribution in [2.45, 2.75) is 0 Å². The molecule has 0 rings (SSSR count). The zero-order valence-corrected chi connectivity index (χ0v) is 11.8. The minimum absolute atomic E-state index is 0. The van der Waals surface area contributed by atoms with Gasteiger partial charge in [-0.05, 0) is 0 Å². The van der Waals surface area contributed by atoms with Gasteiger partial charge in [-0.2, -0.15) is 0 Å². The Balaban J connectivity index is -0.0000000216. The fourth-order valence-corrected chi connectivity index (χ4v) is 0. The van der Waals surface area contributed by atoms with Crippen LogP contribution in [0.2, 0.25) is 0 Å². The maximum absolute atomic E-state index is 8.63. The number of rotatable bonds is 0. The molecule has 0 aromatic heterocycles. The molecule has 16 heavy (non-hydrogen) atoms. The fourth-order valence-electron chi connectivity index (χ4n) is 0. The van der Waals surface area contributed by atoms with E-state index in [1.165, 1.54) is 0 Å². The van der Waals surface area contributed by atoms with Crippen LogP contribution >= 0.6 is 0 Å². The van der Waals surface area contributed by atoms with Crippen LogP contribution in [-0.4, -0.2) is 10.3 Å². The van der Waals surface area contributed by atoms with Crippen LogP contribution in [-0.2, 0) is 46.3 Å². The van der Waals surface area contributed by atoms with Crippen molar-refractivity contribution >= 4 is 0 Å². The molecule has 13 N–H and O–H groups in total. The predicted octanol–water partition coefficient (Wildman–Crippen LogP) is -3.27. The van der Waals surface area contributed by atoms with Crippen LogP contribution in [0.5, 0.6) is 0 Å². The molecule has 0 atom stereocenters. The molecule has 0 aromatic carbocycles. The van der Waals surface area contributed by atoms with Crippen LogP contribution in [0.4, 0.5) is 0 Å². The van der Waals surface area contributed by atoms with Gasteiger partial charge in [-0.1, -0.05) is 0 Å². The Labute approximate surface area is 96.8 Å². The van der Waals surface area contributed by atoms with Crippen molar-refractivity contribution in [2.75, 3.05) is 0 Å². The molecule has 0 bridgehead atoms. The van der Waals surface area contributed by atoms with Crippen molar-refractivity contribution in [3.05, 3.63) is 10.1 Å². The van der Waals surface area contributed by atoms with Gasteiger partial charge in [0, 0.05) is 0 Å². The van der Waals surface area contributed by atoms with E-state index in [1.54, 1.807) is 0 Å². The summed E-state index contributed by atoms with van der Waals surface area (Å²) in [7, 11) is 0. The van der Waals surface area contributed by atoms with E-state index < -0.39 is 37.2 Å². The molecule has 14 nitrogen and oxygen atoms in total. The molecule has 0 heterocycles. The molecule has 0 amide bonds. The van der Waals surface area contributed by atoms with Crippen LogP contribution in [0.25, 0.3) is 0 Å². The molecule has 0 spiro atoms. The summed E-state index contributed by atoms with van der Waals surface area (Å²) in [4.78, 5) is 8.36. The van der Waals surface area contributed by atoms with Gasteiger partial charge in [-0.3, -0.25) is 0 Å². The molecular formula is H13MoN4O10V. The Kier molecular flexibility index (Phi) is 45.0. The molecule has 0 unspecified atom stereocenters. The summed E-state index contributed by atoms with van der Waals surface area (Å²) in [6, 6.07) is 0. The van der Waals surface area contributed by atoms with Gasteiger partial charge in [0.1, 0.15) is 0 Å². The first-order valence-corrected chi connectivity index (χ1v) is 6.77. The number of hydrogen-bond donors (Lipinski definition) is 4. The molecule has 0 aliphatic rings. The first kappa shape index (κ1) is 36.1. The van der Waals surface area contributed by atoms with E-state index in [0.717, 1.165) is 0 Å². The topological polar surface area (TPSA) is 310 Å². The summed E-state index contributed by atoms with van der Waals surface area (Å²) in [6.07, 6.45) is 0. The van der Waals surface area contributed by atoms with E-state index in [9.17, 15) is 0 Å². The van der Waals surface area contributed by atoms with E-state index in [0.29, 0.717) is 0 Å². The summed E-state index contributed by atoms with van der Waals surface area (Å²) in [5.41, 5.74) is 0. The van der Waals surface area contributed by atoms with Gasteiger partial charge in [-0.25, -0.2) is 0 Å². The third-order valence-corrected chi connectivity index (χ3v) is 0. The average Bonchev–Trinajstić information content (AvgIpc) is 1.50. The summed E-state index contributed by atoms with van der Waals surface area (Å²) in [5, 5.41) is 13.6. The van der Waals surface area contributed by atoms with Gasteiger partial charge in [0.15, 0.2) is 0 Å². The van der Waals surface area contributed by atoms with Crippen LogP contribution < -0.4 is 30.0 Å².